The van der Waals surface area contributed by atoms with Gasteiger partial charge in [-0.05, 0) is 51.4 Å². The summed E-state index contributed by atoms with van der Waals surface area (Å²) in [7, 11) is 6.63. The van der Waals surface area contributed by atoms with Gasteiger partial charge >= 0.3 is 0 Å². The minimum atomic E-state index is -2.77. The summed E-state index contributed by atoms with van der Waals surface area (Å²) in [6.07, 6.45) is 3.15. The Morgan fingerprint density at radius 1 is 1.10 bits per heavy atom. The number of aromatic hydroxyl groups is 1. The number of nitrogens with two attached hydrogens (primary N) is 1. The number of fused-ring (bicyclic) bond motifs is 3. The van der Waals surface area contributed by atoms with Crippen molar-refractivity contribution in [2.24, 2.45) is 29.4 Å². The molecular weight excluding hydrogens is 532 g/mol. The van der Waals surface area contributed by atoms with Gasteiger partial charge in [0.15, 0.2) is 34.7 Å². The number of aromatic nitrogens is 2. The Morgan fingerprint density at radius 2 is 1.78 bits per heavy atom. The van der Waals surface area contributed by atoms with Crippen molar-refractivity contribution in [1.29, 1.82) is 0 Å². The Hall–Kier alpha value is -4.23. The molecule has 0 aliphatic heterocycles. The fourth-order valence-electron chi connectivity index (χ4n) is 6.74. The SMILES string of the molecule is Cc1cnc(Nc2cc(N(C)C)c3c(c2O)C(=O)C2C(=O)[C@]4(O)C(=O)C(C(N)=O)C(=O)[C@@H](N(C)C)C4CC2C3)cn1. The minimum Gasteiger partial charge on any atom is -0.505 e. The van der Waals surface area contributed by atoms with Crippen LogP contribution in [0.2, 0.25) is 0 Å². The molecule has 2 fully saturated rings. The van der Waals surface area contributed by atoms with Gasteiger partial charge in [-0.15, -0.1) is 0 Å². The Balaban J connectivity index is 1.64. The number of phenols is 1. The number of anilines is 3. The zero-order chi connectivity index (χ0) is 30.1. The van der Waals surface area contributed by atoms with Gasteiger partial charge in [-0.2, -0.15) is 0 Å². The number of benzene rings is 1. The van der Waals surface area contributed by atoms with Gasteiger partial charge in [-0.1, -0.05) is 0 Å². The predicted octanol–water partition coefficient (Wildman–Crippen LogP) is -0.225. The summed E-state index contributed by atoms with van der Waals surface area (Å²) in [6, 6.07) is 0.512. The van der Waals surface area contributed by atoms with Crippen LogP contribution in [0.4, 0.5) is 17.2 Å². The number of aryl methyl sites for hydroxylation is 1. The number of hydrogen-bond acceptors (Lipinski definition) is 12. The highest BCUT2D eigenvalue weighted by atomic mass is 16.3. The standard InChI is InChI=1S/C28H32N6O7/c1-11-9-31-17(10-30-11)32-15-8-16(33(2)3)13-6-12-7-14-21(34(4)5)24(37)20(27(29)40)26(39)28(14,41)25(38)18(12)23(36)19(13)22(15)35/h8-10,12,14,18,20-21,35,41H,6-7H2,1-5H3,(H2,29,40)(H,31,32)/t12?,14?,18?,20?,21-,28-/m0/s1. The topological polar surface area (TPSA) is 196 Å². The van der Waals surface area contributed by atoms with Crippen LogP contribution in [0.15, 0.2) is 18.5 Å². The molecule has 1 heterocycles. The van der Waals surface area contributed by atoms with E-state index in [1.165, 1.54) is 17.3 Å². The summed E-state index contributed by atoms with van der Waals surface area (Å²) in [5, 5.41) is 26.0. The van der Waals surface area contributed by atoms with Crippen molar-refractivity contribution < 1.29 is 34.2 Å². The lowest BCUT2D eigenvalue weighted by molar-refractivity contribution is -0.181. The maximum Gasteiger partial charge on any atom is 0.235 e. The molecule has 13 nitrogen and oxygen atoms in total. The summed E-state index contributed by atoms with van der Waals surface area (Å²) in [5.74, 6) is -10.6. The molecule has 4 unspecified atom stereocenters. The van der Waals surface area contributed by atoms with Crippen LogP contribution < -0.4 is 16.0 Å². The molecule has 0 saturated heterocycles. The monoisotopic (exact) mass is 564 g/mol. The van der Waals surface area contributed by atoms with E-state index in [1.54, 1.807) is 46.1 Å². The van der Waals surface area contributed by atoms with Gasteiger partial charge in [0, 0.05) is 25.7 Å². The van der Waals surface area contributed by atoms with Crippen molar-refractivity contribution in [2.45, 2.75) is 31.4 Å². The van der Waals surface area contributed by atoms with Gasteiger partial charge in [0.25, 0.3) is 0 Å². The third-order valence-corrected chi connectivity index (χ3v) is 8.56. The predicted molar refractivity (Wildman–Crippen MR) is 146 cm³/mol. The van der Waals surface area contributed by atoms with Gasteiger partial charge in [-0.25, -0.2) is 4.98 Å². The van der Waals surface area contributed by atoms with E-state index in [-0.39, 0.29) is 24.1 Å². The molecular formula is C28H32N6O7. The molecule has 2 aromatic rings. The number of nitrogens with zero attached hydrogens (tertiary/aromatic N) is 4. The Morgan fingerprint density at radius 3 is 2.34 bits per heavy atom. The number of likely N-dealkylation sites (N-methyl/N-ethyl adjacent to an activating group) is 1. The van der Waals surface area contributed by atoms with Gasteiger partial charge in [0.2, 0.25) is 5.91 Å². The zero-order valence-corrected chi connectivity index (χ0v) is 23.3. The number of rotatable bonds is 5. The summed E-state index contributed by atoms with van der Waals surface area (Å²) in [4.78, 5) is 78.5. The normalized spacial score (nSPS) is 29.1. The van der Waals surface area contributed by atoms with Crippen molar-refractivity contribution in [1.82, 2.24) is 14.9 Å². The molecule has 6 atom stereocenters. The summed E-state index contributed by atoms with van der Waals surface area (Å²) < 4.78 is 0. The molecule has 0 spiro atoms. The molecule has 3 aliphatic rings. The van der Waals surface area contributed by atoms with E-state index in [1.807, 2.05) is 0 Å². The number of phenolic OH excluding ortho intramolecular Hbond substituents is 1. The van der Waals surface area contributed by atoms with Crippen molar-refractivity contribution in [2.75, 3.05) is 38.4 Å². The number of Topliss-reactive ketones (excluding diaryl/α,β-unsaturated/α-hetero) is 4. The summed E-state index contributed by atoms with van der Waals surface area (Å²) in [6.45, 7) is 1.77. The highest BCUT2D eigenvalue weighted by molar-refractivity contribution is 6.32. The molecule has 13 heteroatoms. The second kappa shape index (κ2) is 9.70. The number of amides is 1. The maximum absolute atomic E-state index is 14.1. The Labute approximate surface area is 235 Å². The van der Waals surface area contributed by atoms with Crippen LogP contribution in [0.1, 0.15) is 28.0 Å². The van der Waals surface area contributed by atoms with Crippen molar-refractivity contribution in [3.05, 3.63) is 35.3 Å². The molecule has 5 rings (SSSR count). The van der Waals surface area contributed by atoms with Crippen molar-refractivity contribution >= 4 is 46.2 Å². The molecule has 3 aliphatic carbocycles. The lowest BCUT2D eigenvalue weighted by Gasteiger charge is -2.52. The molecule has 0 radical (unpaired) electrons. The lowest BCUT2D eigenvalue weighted by Crippen LogP contribution is -2.74. The van der Waals surface area contributed by atoms with Crippen LogP contribution in [0.5, 0.6) is 5.75 Å². The van der Waals surface area contributed by atoms with Crippen LogP contribution in [-0.2, 0) is 25.6 Å². The highest BCUT2D eigenvalue weighted by Gasteiger charge is 2.69. The van der Waals surface area contributed by atoms with E-state index in [0.717, 1.165) is 0 Å². The van der Waals surface area contributed by atoms with E-state index >= 15 is 0 Å². The molecule has 1 aromatic carbocycles. The zero-order valence-electron chi connectivity index (χ0n) is 23.3. The lowest BCUT2D eigenvalue weighted by atomic mass is 9.52. The quantitative estimate of drug-likeness (QED) is 0.276. The first kappa shape index (κ1) is 28.3. The number of nitrogens with one attached hydrogen (secondary N) is 1. The summed E-state index contributed by atoms with van der Waals surface area (Å²) in [5.41, 5.74) is 4.43. The van der Waals surface area contributed by atoms with E-state index in [4.69, 9.17) is 5.73 Å². The fraction of sp³-hybridized carbons (Fsp3) is 0.464. The highest BCUT2D eigenvalue weighted by Crippen LogP contribution is 2.52. The van der Waals surface area contributed by atoms with Gasteiger partial charge in [-0.3, -0.25) is 33.9 Å². The van der Waals surface area contributed by atoms with Crippen LogP contribution >= 0.6 is 0 Å². The number of primary amides is 1. The maximum atomic E-state index is 14.1. The number of carbonyl (C=O) groups is 5. The average Bonchev–Trinajstić information content (AvgIpc) is 2.88. The second-order valence-electron chi connectivity index (χ2n) is 11.5. The largest absolute Gasteiger partial charge is 0.505 e. The Bertz CT molecular complexity index is 1500. The third kappa shape index (κ3) is 4.10. The molecule has 0 bridgehead atoms. The van der Waals surface area contributed by atoms with Gasteiger partial charge in [0.1, 0.15) is 11.6 Å². The van der Waals surface area contributed by atoms with Crippen LogP contribution in [-0.4, -0.2) is 94.0 Å². The molecule has 2 saturated carbocycles. The van der Waals surface area contributed by atoms with Gasteiger partial charge < -0.3 is 26.2 Å². The van der Waals surface area contributed by atoms with E-state index in [0.29, 0.717) is 22.8 Å². The fourth-order valence-corrected chi connectivity index (χ4v) is 6.74. The van der Waals surface area contributed by atoms with E-state index in [9.17, 15) is 34.2 Å². The van der Waals surface area contributed by atoms with E-state index < -0.39 is 70.1 Å². The number of hydrogen-bond donors (Lipinski definition) is 4. The molecule has 5 N–H and O–H groups in total. The number of carbonyl (C=O) groups excluding carboxylic acids is 5. The first-order valence-corrected chi connectivity index (χ1v) is 13.2. The second-order valence-corrected chi connectivity index (χ2v) is 11.5. The molecule has 1 amide bonds. The third-order valence-electron chi connectivity index (χ3n) is 8.56. The van der Waals surface area contributed by atoms with Crippen molar-refractivity contribution in [3.63, 3.8) is 0 Å². The van der Waals surface area contributed by atoms with E-state index in [2.05, 4.69) is 15.3 Å². The van der Waals surface area contributed by atoms with Crippen LogP contribution in [0, 0.1) is 30.6 Å². The summed E-state index contributed by atoms with van der Waals surface area (Å²) >= 11 is 0. The molecule has 1 aromatic heterocycles. The number of aliphatic hydroxyl groups is 1. The minimum absolute atomic E-state index is 0.0174. The smallest absolute Gasteiger partial charge is 0.235 e. The van der Waals surface area contributed by atoms with Gasteiger partial charge in [0.05, 0.1) is 41.3 Å². The van der Waals surface area contributed by atoms with Crippen molar-refractivity contribution in [3.8, 4) is 5.75 Å². The van der Waals surface area contributed by atoms with Crippen LogP contribution in [0.25, 0.3) is 0 Å². The number of ketones is 4. The first-order chi connectivity index (χ1) is 19.2. The average molecular weight is 565 g/mol. The molecule has 41 heavy (non-hydrogen) atoms. The first-order valence-electron chi connectivity index (χ1n) is 13.2. The Kier molecular flexibility index (Phi) is 6.70. The molecule has 216 valence electrons. The van der Waals surface area contributed by atoms with Crippen LogP contribution in [0.3, 0.4) is 0 Å².